The number of rotatable bonds is 7. The molecule has 0 radical (unpaired) electrons. The van der Waals surface area contributed by atoms with Crippen LogP contribution in [0.25, 0.3) is 11.3 Å². The summed E-state index contributed by atoms with van der Waals surface area (Å²) in [5.41, 5.74) is 3.37. The van der Waals surface area contributed by atoms with E-state index < -0.39 is 0 Å². The highest BCUT2D eigenvalue weighted by Gasteiger charge is 2.14. The molecule has 3 aromatic rings. The van der Waals surface area contributed by atoms with E-state index in [2.05, 4.69) is 16.6 Å². The molecule has 0 fully saturated rings. The predicted molar refractivity (Wildman–Crippen MR) is 113 cm³/mol. The zero-order valence-electron chi connectivity index (χ0n) is 16.1. The normalized spacial score (nSPS) is 12.1. The SMILES string of the molecule is C=CCN=c1scc(-c2ccc(OC)cc2OC)n1N=C(C)c1ccccn1. The van der Waals surface area contributed by atoms with Crippen LogP contribution in [0.2, 0.25) is 0 Å². The van der Waals surface area contributed by atoms with Gasteiger partial charge in [-0.1, -0.05) is 12.1 Å². The Balaban J connectivity index is 2.19. The van der Waals surface area contributed by atoms with E-state index in [4.69, 9.17) is 14.6 Å². The molecule has 2 heterocycles. The van der Waals surface area contributed by atoms with Gasteiger partial charge in [-0.25, -0.2) is 4.68 Å². The fraction of sp³-hybridized carbons (Fsp3) is 0.190. The second-order valence-electron chi connectivity index (χ2n) is 5.81. The van der Waals surface area contributed by atoms with Gasteiger partial charge >= 0.3 is 0 Å². The Morgan fingerprint density at radius 3 is 2.79 bits per heavy atom. The quantitative estimate of drug-likeness (QED) is 0.450. The molecule has 0 aliphatic rings. The molecule has 0 aliphatic heterocycles. The Kier molecular flexibility index (Phi) is 6.39. The Morgan fingerprint density at radius 2 is 2.11 bits per heavy atom. The highest BCUT2D eigenvalue weighted by molar-refractivity contribution is 7.07. The number of hydrogen-bond donors (Lipinski definition) is 0. The highest BCUT2D eigenvalue weighted by atomic mass is 32.1. The fourth-order valence-corrected chi connectivity index (χ4v) is 3.45. The van der Waals surface area contributed by atoms with Gasteiger partial charge < -0.3 is 9.47 Å². The van der Waals surface area contributed by atoms with Crippen LogP contribution in [-0.2, 0) is 0 Å². The van der Waals surface area contributed by atoms with Crippen LogP contribution >= 0.6 is 11.3 Å². The predicted octanol–water partition coefficient (Wildman–Crippen LogP) is 3.99. The first-order valence-corrected chi connectivity index (χ1v) is 9.57. The molecule has 3 rings (SSSR count). The molecule has 0 saturated carbocycles. The van der Waals surface area contributed by atoms with Gasteiger partial charge in [0.2, 0.25) is 4.80 Å². The van der Waals surface area contributed by atoms with Gasteiger partial charge in [-0.05, 0) is 31.2 Å². The standard InChI is InChI=1S/C21H22N4O2S/c1-5-11-23-21-25(24-15(2)18-8-6-7-12-22-18)19(14-28-21)17-10-9-16(26-3)13-20(17)27-4/h5-10,12-14H,1,11H2,2-4H3. The molecule has 0 amide bonds. The lowest BCUT2D eigenvalue weighted by molar-refractivity contribution is 0.395. The van der Waals surface area contributed by atoms with Crippen LogP contribution in [0.4, 0.5) is 0 Å². The van der Waals surface area contributed by atoms with E-state index in [9.17, 15) is 0 Å². The first-order chi connectivity index (χ1) is 13.7. The molecule has 144 valence electrons. The lowest BCUT2D eigenvalue weighted by Gasteiger charge is -2.11. The number of methoxy groups -OCH3 is 2. The number of aromatic nitrogens is 2. The van der Waals surface area contributed by atoms with Gasteiger partial charge in [-0.15, -0.1) is 17.9 Å². The van der Waals surface area contributed by atoms with E-state index in [-0.39, 0.29) is 0 Å². The summed E-state index contributed by atoms with van der Waals surface area (Å²) < 4.78 is 12.7. The largest absolute Gasteiger partial charge is 0.497 e. The molecule has 2 aromatic heterocycles. The van der Waals surface area contributed by atoms with Crippen molar-refractivity contribution in [2.45, 2.75) is 6.92 Å². The number of benzene rings is 1. The summed E-state index contributed by atoms with van der Waals surface area (Å²) in [5.74, 6) is 1.43. The molecule has 0 atom stereocenters. The first-order valence-electron chi connectivity index (χ1n) is 8.69. The molecule has 0 aliphatic carbocycles. The summed E-state index contributed by atoms with van der Waals surface area (Å²) in [6.07, 6.45) is 3.51. The maximum Gasteiger partial charge on any atom is 0.206 e. The van der Waals surface area contributed by atoms with Crippen molar-refractivity contribution in [2.75, 3.05) is 20.8 Å². The van der Waals surface area contributed by atoms with E-state index in [0.29, 0.717) is 12.3 Å². The average molecular weight is 395 g/mol. The van der Waals surface area contributed by atoms with Gasteiger partial charge in [0.1, 0.15) is 11.5 Å². The van der Waals surface area contributed by atoms with Crippen LogP contribution in [0.5, 0.6) is 11.5 Å². The van der Waals surface area contributed by atoms with Gasteiger partial charge in [-0.3, -0.25) is 9.98 Å². The molecule has 0 bridgehead atoms. The molecular formula is C21H22N4O2S. The van der Waals surface area contributed by atoms with Crippen molar-refractivity contribution in [1.29, 1.82) is 0 Å². The summed E-state index contributed by atoms with van der Waals surface area (Å²) in [4.78, 5) is 9.73. The minimum Gasteiger partial charge on any atom is -0.497 e. The van der Waals surface area contributed by atoms with Crippen molar-refractivity contribution in [2.24, 2.45) is 10.1 Å². The Hall–Kier alpha value is -3.19. The fourth-order valence-electron chi connectivity index (χ4n) is 2.62. The van der Waals surface area contributed by atoms with E-state index in [1.165, 1.54) is 11.3 Å². The first kappa shape index (κ1) is 19.6. The van der Waals surface area contributed by atoms with E-state index >= 15 is 0 Å². The zero-order valence-corrected chi connectivity index (χ0v) is 16.9. The van der Waals surface area contributed by atoms with Crippen molar-refractivity contribution in [3.8, 4) is 22.8 Å². The van der Waals surface area contributed by atoms with Crippen LogP contribution in [0.3, 0.4) is 0 Å². The average Bonchev–Trinajstić information content (AvgIpc) is 3.14. The zero-order chi connectivity index (χ0) is 19.9. The Bertz CT molecular complexity index is 1050. The van der Waals surface area contributed by atoms with Crippen LogP contribution in [0.1, 0.15) is 12.6 Å². The number of pyridine rings is 1. The summed E-state index contributed by atoms with van der Waals surface area (Å²) in [5, 5.41) is 6.82. The van der Waals surface area contributed by atoms with Gasteiger partial charge in [0, 0.05) is 23.2 Å². The number of thiazole rings is 1. The van der Waals surface area contributed by atoms with Crippen LogP contribution in [0.15, 0.2) is 70.7 Å². The van der Waals surface area contributed by atoms with E-state index in [1.807, 2.05) is 53.4 Å². The second-order valence-corrected chi connectivity index (χ2v) is 6.65. The number of ether oxygens (including phenoxy) is 2. The molecule has 7 heteroatoms. The van der Waals surface area contributed by atoms with E-state index in [1.54, 1.807) is 26.5 Å². The van der Waals surface area contributed by atoms with Gasteiger partial charge in [0.25, 0.3) is 0 Å². The maximum absolute atomic E-state index is 5.58. The van der Waals surface area contributed by atoms with E-state index in [0.717, 1.165) is 33.2 Å². The van der Waals surface area contributed by atoms with Crippen molar-refractivity contribution in [3.63, 3.8) is 0 Å². The molecule has 0 unspecified atom stereocenters. The number of nitrogens with zero attached hydrogens (tertiary/aromatic N) is 4. The third kappa shape index (κ3) is 4.20. The van der Waals surface area contributed by atoms with Crippen LogP contribution < -0.4 is 14.3 Å². The topological polar surface area (TPSA) is 61.0 Å². The second kappa shape index (κ2) is 9.14. The van der Waals surface area contributed by atoms with Gasteiger partial charge in [0.05, 0.1) is 37.9 Å². The van der Waals surface area contributed by atoms with Crippen LogP contribution in [-0.4, -0.2) is 36.1 Å². The highest BCUT2D eigenvalue weighted by Crippen LogP contribution is 2.33. The lowest BCUT2D eigenvalue weighted by Crippen LogP contribution is -2.15. The summed E-state index contributed by atoms with van der Waals surface area (Å²) in [6, 6.07) is 11.5. The molecule has 0 N–H and O–H groups in total. The van der Waals surface area contributed by atoms with Crippen molar-refractivity contribution >= 4 is 17.0 Å². The van der Waals surface area contributed by atoms with Crippen molar-refractivity contribution in [3.05, 3.63) is 71.1 Å². The smallest absolute Gasteiger partial charge is 0.206 e. The summed E-state index contributed by atoms with van der Waals surface area (Å²) in [7, 11) is 3.27. The maximum atomic E-state index is 5.58. The molecule has 0 spiro atoms. The lowest BCUT2D eigenvalue weighted by atomic mass is 10.1. The summed E-state index contributed by atoms with van der Waals surface area (Å²) >= 11 is 1.51. The minimum absolute atomic E-state index is 0.512. The Morgan fingerprint density at radius 1 is 1.25 bits per heavy atom. The molecular weight excluding hydrogens is 372 g/mol. The van der Waals surface area contributed by atoms with Gasteiger partial charge in [0.15, 0.2) is 0 Å². The van der Waals surface area contributed by atoms with Gasteiger partial charge in [-0.2, -0.15) is 5.10 Å². The Labute approximate surface area is 168 Å². The molecule has 1 aromatic carbocycles. The monoisotopic (exact) mass is 394 g/mol. The molecule has 6 nitrogen and oxygen atoms in total. The summed E-state index contributed by atoms with van der Waals surface area (Å²) in [6.45, 7) is 6.19. The third-order valence-corrected chi connectivity index (χ3v) is 4.87. The molecule has 0 saturated heterocycles. The number of hydrogen-bond acceptors (Lipinski definition) is 6. The molecule has 28 heavy (non-hydrogen) atoms. The van der Waals surface area contributed by atoms with Crippen molar-refractivity contribution < 1.29 is 9.47 Å². The third-order valence-electron chi connectivity index (χ3n) is 4.01. The van der Waals surface area contributed by atoms with Crippen molar-refractivity contribution in [1.82, 2.24) is 9.66 Å². The minimum atomic E-state index is 0.512. The van der Waals surface area contributed by atoms with Crippen LogP contribution in [0, 0.1) is 0 Å².